The minimum Gasteiger partial charge on any atom is -0.504 e. The van der Waals surface area contributed by atoms with Crippen LogP contribution in [0.4, 0.5) is 0 Å². The van der Waals surface area contributed by atoms with Crippen LogP contribution in [0.2, 0.25) is 0 Å². The maximum atomic E-state index is 11.5. The monoisotopic (exact) mass is 221 g/mol. The Bertz CT molecular complexity index is 392. The normalized spacial score (nSPS) is 12.9. The van der Waals surface area contributed by atoms with Gasteiger partial charge in [-0.05, 0) is 22.5 Å². The second-order valence-corrected chi connectivity index (χ2v) is 6.33. The van der Waals surface area contributed by atoms with E-state index in [1.54, 1.807) is 0 Å². The highest BCUT2D eigenvalue weighted by Crippen LogP contribution is 2.43. The number of aromatic hydroxyl groups is 1. The summed E-state index contributed by atoms with van der Waals surface area (Å²) in [5.41, 5.74) is 1.51. The molecule has 0 amide bonds. The lowest BCUT2D eigenvalue weighted by molar-refractivity contribution is 0.317. The van der Waals surface area contributed by atoms with Crippen molar-refractivity contribution in [3.63, 3.8) is 0 Å². The fourth-order valence-electron chi connectivity index (χ4n) is 1.96. The number of benzene rings is 1. The summed E-state index contributed by atoms with van der Waals surface area (Å²) in [5.74, 6) is -0.391. The molecule has 0 bridgehead atoms. The summed E-state index contributed by atoms with van der Waals surface area (Å²) < 4.78 is 0. The summed E-state index contributed by atoms with van der Waals surface area (Å²) in [5, 5.41) is 21.5. The predicted octanol–water partition coefficient (Wildman–Crippen LogP) is 4.13. The van der Waals surface area contributed by atoms with Gasteiger partial charge in [0.1, 0.15) is 0 Å². The molecule has 1 rings (SSSR count). The molecule has 2 nitrogen and oxygen atoms in total. The highest BCUT2D eigenvalue weighted by molar-refractivity contribution is 5.53. The molecule has 1 radical (unpaired) electrons. The van der Waals surface area contributed by atoms with Crippen molar-refractivity contribution in [2.24, 2.45) is 0 Å². The zero-order chi connectivity index (χ0) is 12.7. The summed E-state index contributed by atoms with van der Waals surface area (Å²) in [6.07, 6.45) is 0. The van der Waals surface area contributed by atoms with Crippen LogP contribution in [0.5, 0.6) is 11.5 Å². The van der Waals surface area contributed by atoms with Crippen LogP contribution in [-0.4, -0.2) is 5.11 Å². The third-order valence-electron chi connectivity index (χ3n) is 2.70. The van der Waals surface area contributed by atoms with Gasteiger partial charge in [0.2, 0.25) is 5.75 Å². The lowest BCUT2D eigenvalue weighted by atomic mass is 9.74. The predicted molar refractivity (Wildman–Crippen MR) is 65.6 cm³/mol. The van der Waals surface area contributed by atoms with Crippen LogP contribution >= 0.6 is 0 Å². The van der Waals surface area contributed by atoms with Gasteiger partial charge in [-0.25, -0.2) is 0 Å². The van der Waals surface area contributed by atoms with E-state index in [0.29, 0.717) is 0 Å². The van der Waals surface area contributed by atoms with Crippen molar-refractivity contribution in [2.75, 3.05) is 0 Å². The highest BCUT2D eigenvalue weighted by Gasteiger charge is 2.29. The van der Waals surface area contributed by atoms with Crippen LogP contribution in [0.3, 0.4) is 0 Å². The van der Waals surface area contributed by atoms with Gasteiger partial charge >= 0.3 is 0 Å². The maximum absolute atomic E-state index is 11.5. The first-order chi connectivity index (χ1) is 7.05. The van der Waals surface area contributed by atoms with Gasteiger partial charge in [0.15, 0.2) is 5.75 Å². The molecule has 0 heterocycles. The molecule has 1 aromatic rings. The molecule has 0 saturated heterocycles. The molecule has 0 aliphatic heterocycles. The van der Waals surface area contributed by atoms with Crippen LogP contribution in [-0.2, 0) is 15.9 Å². The lowest BCUT2D eigenvalue weighted by Crippen LogP contribution is -2.21. The number of hydrogen-bond acceptors (Lipinski definition) is 1. The van der Waals surface area contributed by atoms with Crippen LogP contribution in [0.25, 0.3) is 0 Å². The van der Waals surface area contributed by atoms with Crippen molar-refractivity contribution < 1.29 is 10.2 Å². The van der Waals surface area contributed by atoms with Crippen molar-refractivity contribution in [1.29, 1.82) is 0 Å². The highest BCUT2D eigenvalue weighted by atomic mass is 16.3. The minimum atomic E-state index is -0.294. The Hall–Kier alpha value is -1.18. The Labute approximate surface area is 97.9 Å². The van der Waals surface area contributed by atoms with Crippen LogP contribution in [0.1, 0.15) is 52.7 Å². The van der Waals surface area contributed by atoms with Crippen molar-refractivity contribution in [3.8, 4) is 11.5 Å². The Morgan fingerprint density at radius 3 is 1.81 bits per heavy atom. The molecule has 89 valence electrons. The van der Waals surface area contributed by atoms with E-state index in [0.717, 1.165) is 11.1 Å². The molecule has 0 spiro atoms. The molecule has 0 aromatic heterocycles. The molecule has 16 heavy (non-hydrogen) atoms. The largest absolute Gasteiger partial charge is 0.504 e. The molecule has 0 fully saturated rings. The van der Waals surface area contributed by atoms with Crippen molar-refractivity contribution >= 4 is 0 Å². The van der Waals surface area contributed by atoms with Gasteiger partial charge in [-0.1, -0.05) is 47.6 Å². The topological polar surface area (TPSA) is 40.1 Å². The quantitative estimate of drug-likeness (QED) is 0.703. The zero-order valence-electron chi connectivity index (χ0n) is 11.0. The van der Waals surface area contributed by atoms with Crippen molar-refractivity contribution in [3.05, 3.63) is 23.3 Å². The lowest BCUT2D eigenvalue weighted by Gasteiger charge is -2.30. The zero-order valence-corrected chi connectivity index (χ0v) is 11.0. The Kier molecular flexibility index (Phi) is 2.97. The van der Waals surface area contributed by atoms with Crippen molar-refractivity contribution in [2.45, 2.75) is 52.4 Å². The van der Waals surface area contributed by atoms with E-state index in [9.17, 15) is 10.2 Å². The van der Waals surface area contributed by atoms with Crippen molar-refractivity contribution in [1.82, 2.24) is 0 Å². The Balaban J connectivity index is 3.59. The summed E-state index contributed by atoms with van der Waals surface area (Å²) >= 11 is 0. The molecule has 0 saturated carbocycles. The first-order valence-electron chi connectivity index (χ1n) is 5.59. The third kappa shape index (κ3) is 2.31. The van der Waals surface area contributed by atoms with E-state index in [4.69, 9.17) is 0 Å². The standard InChI is InChI=1S/C14H21O2/c1-13(2,3)9-7-8-10(15)12(16)11(9)14(4,5)6/h7-8,16H,1-6H3. The van der Waals surface area contributed by atoms with Gasteiger partial charge in [0.05, 0.1) is 0 Å². The molecule has 0 atom stereocenters. The number of phenols is 1. The van der Waals surface area contributed by atoms with Gasteiger partial charge in [-0.3, -0.25) is 5.11 Å². The summed E-state index contributed by atoms with van der Waals surface area (Å²) in [4.78, 5) is 0. The van der Waals surface area contributed by atoms with Gasteiger partial charge in [0.25, 0.3) is 0 Å². The Morgan fingerprint density at radius 2 is 1.44 bits per heavy atom. The molecular formula is C14H21O2. The summed E-state index contributed by atoms with van der Waals surface area (Å²) in [6, 6.07) is 3.29. The average molecular weight is 221 g/mol. The SMILES string of the molecule is CC(C)(C)c1ccc([O])c(O)c1C(C)(C)C. The maximum Gasteiger partial charge on any atom is 0.220 e. The first-order valence-corrected chi connectivity index (χ1v) is 5.59. The second-order valence-electron chi connectivity index (χ2n) is 6.33. The van der Waals surface area contributed by atoms with E-state index in [1.807, 2.05) is 26.8 Å². The molecular weight excluding hydrogens is 200 g/mol. The van der Waals surface area contributed by atoms with Gasteiger partial charge in [-0.15, -0.1) is 0 Å². The molecule has 1 aromatic carbocycles. The minimum absolute atomic E-state index is 0.0756. The van der Waals surface area contributed by atoms with Crippen LogP contribution in [0.15, 0.2) is 12.1 Å². The number of rotatable bonds is 0. The van der Waals surface area contributed by atoms with Gasteiger partial charge < -0.3 is 5.11 Å². The molecule has 1 N–H and O–H groups in total. The fourth-order valence-corrected chi connectivity index (χ4v) is 1.96. The molecule has 0 unspecified atom stereocenters. The molecule has 2 heteroatoms. The van der Waals surface area contributed by atoms with E-state index in [-0.39, 0.29) is 22.3 Å². The average Bonchev–Trinajstić information content (AvgIpc) is 2.05. The van der Waals surface area contributed by atoms with E-state index in [2.05, 4.69) is 20.8 Å². The Morgan fingerprint density at radius 1 is 0.938 bits per heavy atom. The van der Waals surface area contributed by atoms with Crippen LogP contribution < -0.4 is 0 Å². The smallest absolute Gasteiger partial charge is 0.220 e. The van der Waals surface area contributed by atoms with E-state index >= 15 is 0 Å². The fraction of sp³-hybridized carbons (Fsp3) is 0.571. The van der Waals surface area contributed by atoms with E-state index in [1.165, 1.54) is 6.07 Å². The third-order valence-corrected chi connectivity index (χ3v) is 2.70. The van der Waals surface area contributed by atoms with E-state index < -0.39 is 0 Å². The summed E-state index contributed by atoms with van der Waals surface area (Å²) in [7, 11) is 0. The second kappa shape index (κ2) is 3.69. The van der Waals surface area contributed by atoms with Gasteiger partial charge in [0, 0.05) is 5.56 Å². The molecule has 0 aliphatic carbocycles. The summed E-state index contributed by atoms with van der Waals surface area (Å²) in [6.45, 7) is 12.3. The number of hydrogen-bond donors (Lipinski definition) is 1. The first kappa shape index (κ1) is 12.9. The molecule has 0 aliphatic rings. The van der Waals surface area contributed by atoms with Crippen LogP contribution in [0, 0.1) is 0 Å². The van der Waals surface area contributed by atoms with Gasteiger partial charge in [-0.2, -0.15) is 0 Å². The number of phenolic OH excluding ortho intramolecular Hbond substituents is 1.